The van der Waals surface area contributed by atoms with E-state index in [1.807, 2.05) is 18.2 Å². The van der Waals surface area contributed by atoms with Crippen LogP contribution in [-0.4, -0.2) is 48.1 Å². The number of nitriles is 1. The lowest BCUT2D eigenvalue weighted by Gasteiger charge is -2.11. The summed E-state index contributed by atoms with van der Waals surface area (Å²) in [5.41, 5.74) is 3.51. The summed E-state index contributed by atoms with van der Waals surface area (Å²) in [5.74, 6) is 0.229. The number of hydrogen-bond donors (Lipinski definition) is 3. The van der Waals surface area contributed by atoms with Crippen molar-refractivity contribution in [2.45, 2.75) is 12.5 Å². The Bertz CT molecular complexity index is 1230. The number of ether oxygens (including phenoxy) is 1. The number of rotatable bonds is 5. The van der Waals surface area contributed by atoms with Gasteiger partial charge >= 0.3 is 0 Å². The van der Waals surface area contributed by atoms with Crippen molar-refractivity contribution < 1.29 is 14.3 Å². The van der Waals surface area contributed by atoms with Gasteiger partial charge in [-0.25, -0.2) is 4.98 Å². The van der Waals surface area contributed by atoms with E-state index < -0.39 is 0 Å². The summed E-state index contributed by atoms with van der Waals surface area (Å²) in [7, 11) is 1.53. The van der Waals surface area contributed by atoms with Gasteiger partial charge in [0.2, 0.25) is 0 Å². The molecule has 2 amide bonds. The highest BCUT2D eigenvalue weighted by molar-refractivity contribution is 5.99. The van der Waals surface area contributed by atoms with E-state index in [1.165, 1.54) is 13.1 Å². The Labute approximate surface area is 178 Å². The first-order valence-electron chi connectivity index (χ1n) is 10.2. The molecule has 2 aliphatic rings. The van der Waals surface area contributed by atoms with E-state index in [1.54, 1.807) is 12.1 Å². The maximum atomic E-state index is 12.9. The molecule has 2 fully saturated rings. The number of carbonyl (C=O) groups is 2. The van der Waals surface area contributed by atoms with Crippen molar-refractivity contribution in [2.75, 3.05) is 20.3 Å². The summed E-state index contributed by atoms with van der Waals surface area (Å²) >= 11 is 0. The summed E-state index contributed by atoms with van der Waals surface area (Å²) in [6.45, 7) is 1.37. The van der Waals surface area contributed by atoms with E-state index in [0.717, 1.165) is 16.5 Å². The second-order valence-electron chi connectivity index (χ2n) is 8.03. The lowest BCUT2D eigenvalue weighted by atomic mass is 10.0. The maximum Gasteiger partial charge on any atom is 0.269 e. The molecule has 0 bridgehead atoms. The Morgan fingerprint density at radius 2 is 2.03 bits per heavy atom. The van der Waals surface area contributed by atoms with Crippen LogP contribution >= 0.6 is 0 Å². The fourth-order valence-corrected chi connectivity index (χ4v) is 4.37. The van der Waals surface area contributed by atoms with E-state index in [4.69, 9.17) is 4.74 Å². The van der Waals surface area contributed by atoms with Crippen molar-refractivity contribution in [1.29, 1.82) is 5.26 Å². The topological polar surface area (TPSA) is 120 Å². The van der Waals surface area contributed by atoms with Gasteiger partial charge in [0.1, 0.15) is 17.5 Å². The molecule has 8 heteroatoms. The van der Waals surface area contributed by atoms with E-state index in [2.05, 4.69) is 26.7 Å². The number of aromatic nitrogens is 2. The van der Waals surface area contributed by atoms with Gasteiger partial charge in [-0.3, -0.25) is 9.59 Å². The molecule has 1 saturated heterocycles. The SMILES string of the molecule is CNC(=O)c1cc(C(=O)N[C@H]2[C@@H]3COC[C@@H]32)cc(Cc2cccc3[nH]c(C#N)cc23)n1. The number of H-pyrrole nitrogens is 1. The third kappa shape index (κ3) is 3.53. The summed E-state index contributed by atoms with van der Waals surface area (Å²) in [6.07, 6.45) is 0.424. The molecule has 3 atom stereocenters. The third-order valence-electron chi connectivity index (χ3n) is 6.10. The second kappa shape index (κ2) is 7.52. The smallest absolute Gasteiger partial charge is 0.269 e. The fourth-order valence-electron chi connectivity index (χ4n) is 4.37. The first kappa shape index (κ1) is 19.3. The fraction of sp³-hybridized carbons (Fsp3) is 0.304. The van der Waals surface area contributed by atoms with Gasteiger partial charge in [-0.15, -0.1) is 0 Å². The minimum atomic E-state index is -0.348. The average Bonchev–Trinajstić information content (AvgIpc) is 3.16. The van der Waals surface area contributed by atoms with Crippen LogP contribution in [0.3, 0.4) is 0 Å². The van der Waals surface area contributed by atoms with Gasteiger partial charge in [0.05, 0.1) is 13.2 Å². The first-order chi connectivity index (χ1) is 15.1. The Morgan fingerprint density at radius 1 is 1.23 bits per heavy atom. The Kier molecular flexibility index (Phi) is 4.68. The largest absolute Gasteiger partial charge is 0.381 e. The Morgan fingerprint density at radius 3 is 2.77 bits per heavy atom. The Hall–Kier alpha value is -3.70. The molecule has 2 aromatic heterocycles. The van der Waals surface area contributed by atoms with Gasteiger partial charge in [0.15, 0.2) is 0 Å². The predicted octanol–water partition coefficient (Wildman–Crippen LogP) is 1.76. The molecule has 1 saturated carbocycles. The van der Waals surface area contributed by atoms with Crippen LogP contribution in [0.2, 0.25) is 0 Å². The monoisotopic (exact) mass is 415 g/mol. The van der Waals surface area contributed by atoms with E-state index in [-0.39, 0.29) is 23.6 Å². The van der Waals surface area contributed by atoms with Crippen LogP contribution in [0.15, 0.2) is 36.4 Å². The maximum absolute atomic E-state index is 12.9. The number of carbonyl (C=O) groups excluding carboxylic acids is 2. The van der Waals surface area contributed by atoms with Crippen LogP contribution in [0.1, 0.15) is 37.8 Å². The van der Waals surface area contributed by atoms with Crippen molar-refractivity contribution >= 4 is 22.7 Å². The van der Waals surface area contributed by atoms with Gasteiger partial charge in [0, 0.05) is 53.5 Å². The molecule has 156 valence electrons. The molecule has 0 radical (unpaired) electrons. The van der Waals surface area contributed by atoms with Crippen molar-refractivity contribution in [3.63, 3.8) is 0 Å². The molecule has 8 nitrogen and oxygen atoms in total. The Balaban J connectivity index is 1.46. The molecule has 0 spiro atoms. The number of fused-ring (bicyclic) bond motifs is 2. The van der Waals surface area contributed by atoms with Crippen molar-refractivity contribution in [3.05, 3.63) is 64.6 Å². The van der Waals surface area contributed by atoms with Crippen LogP contribution in [0.25, 0.3) is 10.9 Å². The van der Waals surface area contributed by atoms with Crippen LogP contribution in [0.5, 0.6) is 0 Å². The van der Waals surface area contributed by atoms with Crippen LogP contribution < -0.4 is 10.6 Å². The minimum absolute atomic E-state index is 0.138. The minimum Gasteiger partial charge on any atom is -0.381 e. The summed E-state index contributed by atoms with van der Waals surface area (Å²) in [6, 6.07) is 13.1. The number of benzene rings is 1. The normalized spacial score (nSPS) is 21.4. The second-order valence-corrected chi connectivity index (χ2v) is 8.03. The highest BCUT2D eigenvalue weighted by Gasteiger charge is 2.54. The number of hydrogen-bond acceptors (Lipinski definition) is 5. The zero-order chi connectivity index (χ0) is 21.5. The molecule has 3 heterocycles. The zero-order valence-corrected chi connectivity index (χ0v) is 16.9. The van der Waals surface area contributed by atoms with Gasteiger partial charge in [-0.05, 0) is 29.8 Å². The van der Waals surface area contributed by atoms with E-state index in [0.29, 0.717) is 48.4 Å². The molecule has 1 aliphatic heterocycles. The number of pyridine rings is 1. The van der Waals surface area contributed by atoms with Crippen molar-refractivity contribution in [3.8, 4) is 6.07 Å². The average molecular weight is 415 g/mol. The molecule has 1 aromatic carbocycles. The lowest BCUT2D eigenvalue weighted by Crippen LogP contribution is -2.30. The number of amides is 2. The van der Waals surface area contributed by atoms with Crippen LogP contribution in [0, 0.1) is 23.2 Å². The molecule has 1 aliphatic carbocycles. The number of nitrogens with zero attached hydrogens (tertiary/aromatic N) is 2. The molecular weight excluding hydrogens is 394 g/mol. The standard InChI is InChI=1S/C23H21N5O3/c1-25-23(30)20-7-13(22(29)28-21-17-10-31-11-18(17)21)6-14(26-20)5-12-3-2-4-19-16(12)8-15(9-24)27-19/h2-4,6-8,17-18,21,27H,5,10-11H2,1H3,(H,25,30)(H,28,29)/t17-,18+,21+. The van der Waals surface area contributed by atoms with Crippen molar-refractivity contribution in [1.82, 2.24) is 20.6 Å². The summed E-state index contributed by atoms with van der Waals surface area (Å²) in [4.78, 5) is 32.7. The molecule has 31 heavy (non-hydrogen) atoms. The van der Waals surface area contributed by atoms with Gasteiger partial charge in [-0.1, -0.05) is 12.1 Å². The number of aromatic amines is 1. The van der Waals surface area contributed by atoms with Gasteiger partial charge < -0.3 is 20.4 Å². The molecular formula is C23H21N5O3. The first-order valence-corrected chi connectivity index (χ1v) is 10.2. The zero-order valence-electron chi connectivity index (χ0n) is 16.9. The molecule has 3 aromatic rings. The summed E-state index contributed by atoms with van der Waals surface area (Å²) < 4.78 is 5.38. The van der Waals surface area contributed by atoms with E-state index in [9.17, 15) is 14.9 Å². The number of nitrogens with one attached hydrogen (secondary N) is 3. The highest BCUT2D eigenvalue weighted by Crippen LogP contribution is 2.44. The van der Waals surface area contributed by atoms with Crippen LogP contribution in [-0.2, 0) is 11.2 Å². The highest BCUT2D eigenvalue weighted by atomic mass is 16.5. The molecule has 5 rings (SSSR count). The predicted molar refractivity (Wildman–Crippen MR) is 113 cm³/mol. The quantitative estimate of drug-likeness (QED) is 0.587. The van der Waals surface area contributed by atoms with Gasteiger partial charge in [0.25, 0.3) is 11.8 Å². The lowest BCUT2D eigenvalue weighted by molar-refractivity contribution is 0.0928. The van der Waals surface area contributed by atoms with E-state index >= 15 is 0 Å². The molecule has 3 N–H and O–H groups in total. The van der Waals surface area contributed by atoms with Crippen LogP contribution in [0.4, 0.5) is 0 Å². The summed E-state index contributed by atoms with van der Waals surface area (Å²) in [5, 5.41) is 15.7. The van der Waals surface area contributed by atoms with Crippen molar-refractivity contribution in [2.24, 2.45) is 11.8 Å². The third-order valence-corrected chi connectivity index (χ3v) is 6.10. The van der Waals surface area contributed by atoms with Gasteiger partial charge in [-0.2, -0.15) is 5.26 Å². The molecule has 0 unspecified atom stereocenters.